The van der Waals surface area contributed by atoms with Crippen LogP contribution in [0.4, 0.5) is 0 Å². The van der Waals surface area contributed by atoms with E-state index in [4.69, 9.17) is 5.73 Å². The van der Waals surface area contributed by atoms with E-state index in [0.717, 1.165) is 39.1 Å². The van der Waals surface area contributed by atoms with Crippen LogP contribution in [0.5, 0.6) is 0 Å². The fraction of sp³-hybridized carbons (Fsp3) is 0.769. The van der Waals surface area contributed by atoms with Gasteiger partial charge in [-0.15, -0.1) is 0 Å². The summed E-state index contributed by atoms with van der Waals surface area (Å²) in [6, 6.07) is 0.466. The van der Waals surface area contributed by atoms with Crippen LogP contribution >= 0.6 is 0 Å². The first-order valence-corrected chi connectivity index (χ1v) is 6.78. The first-order chi connectivity index (χ1) is 8.63. The second kappa shape index (κ2) is 5.82. The van der Waals surface area contributed by atoms with E-state index in [1.165, 1.54) is 11.3 Å². The summed E-state index contributed by atoms with van der Waals surface area (Å²) >= 11 is 0. The number of hydrogen-bond donors (Lipinski definition) is 1. The molecule has 1 fully saturated rings. The quantitative estimate of drug-likeness (QED) is 0.822. The van der Waals surface area contributed by atoms with Crippen molar-refractivity contribution in [2.45, 2.75) is 25.9 Å². The van der Waals surface area contributed by atoms with Gasteiger partial charge in [0.25, 0.3) is 0 Å². The summed E-state index contributed by atoms with van der Waals surface area (Å²) in [5.74, 6) is 0. The molecule has 0 saturated carbocycles. The van der Waals surface area contributed by atoms with Gasteiger partial charge in [0.15, 0.2) is 0 Å². The van der Waals surface area contributed by atoms with Crippen molar-refractivity contribution in [1.82, 2.24) is 19.6 Å². The molecule has 5 heteroatoms. The van der Waals surface area contributed by atoms with E-state index in [0.29, 0.717) is 6.04 Å². The first kappa shape index (κ1) is 13.5. The number of hydrogen-bond acceptors (Lipinski definition) is 4. The van der Waals surface area contributed by atoms with E-state index in [2.05, 4.69) is 35.1 Å². The van der Waals surface area contributed by atoms with Crippen molar-refractivity contribution >= 4 is 0 Å². The van der Waals surface area contributed by atoms with E-state index in [1.807, 2.05) is 11.7 Å². The Kier molecular flexibility index (Phi) is 4.37. The minimum atomic E-state index is 0.466. The highest BCUT2D eigenvalue weighted by molar-refractivity contribution is 5.17. The van der Waals surface area contributed by atoms with Gasteiger partial charge in [-0.3, -0.25) is 9.58 Å². The number of rotatable bonds is 4. The molecule has 1 aliphatic rings. The number of likely N-dealkylation sites (N-methyl/N-ethyl adjacent to an activating group) is 1. The topological polar surface area (TPSA) is 50.3 Å². The number of piperazine rings is 1. The summed E-state index contributed by atoms with van der Waals surface area (Å²) in [7, 11) is 4.16. The molecule has 0 bridgehead atoms. The van der Waals surface area contributed by atoms with Gasteiger partial charge < -0.3 is 10.6 Å². The van der Waals surface area contributed by atoms with Crippen LogP contribution in [0.3, 0.4) is 0 Å². The van der Waals surface area contributed by atoms with Crippen molar-refractivity contribution in [3.8, 4) is 0 Å². The van der Waals surface area contributed by atoms with Gasteiger partial charge in [-0.2, -0.15) is 5.10 Å². The van der Waals surface area contributed by atoms with Crippen molar-refractivity contribution in [2.75, 3.05) is 33.2 Å². The van der Waals surface area contributed by atoms with Crippen molar-refractivity contribution in [3.63, 3.8) is 0 Å². The Morgan fingerprint density at radius 3 is 2.83 bits per heavy atom. The number of aryl methyl sites for hydroxylation is 2. The summed E-state index contributed by atoms with van der Waals surface area (Å²) in [5, 5.41) is 4.51. The van der Waals surface area contributed by atoms with E-state index in [9.17, 15) is 0 Å². The zero-order valence-corrected chi connectivity index (χ0v) is 11.8. The minimum absolute atomic E-state index is 0.466. The molecule has 1 atom stereocenters. The predicted octanol–water partition coefficient (Wildman–Crippen LogP) is 0.0572. The number of aromatic nitrogens is 2. The molecule has 1 aliphatic heterocycles. The third kappa shape index (κ3) is 2.91. The first-order valence-electron chi connectivity index (χ1n) is 6.78. The molecule has 0 spiro atoms. The Hall–Kier alpha value is -0.910. The van der Waals surface area contributed by atoms with Crippen LogP contribution in [-0.4, -0.2) is 58.8 Å². The summed E-state index contributed by atoms with van der Waals surface area (Å²) in [4.78, 5) is 4.86. The molecule has 5 nitrogen and oxygen atoms in total. The molecular formula is C13H25N5. The maximum Gasteiger partial charge on any atom is 0.0666 e. The van der Waals surface area contributed by atoms with E-state index < -0.39 is 0 Å². The van der Waals surface area contributed by atoms with Gasteiger partial charge in [-0.25, -0.2) is 0 Å². The zero-order valence-electron chi connectivity index (χ0n) is 11.8. The van der Waals surface area contributed by atoms with Gasteiger partial charge in [-0.1, -0.05) is 6.92 Å². The molecule has 18 heavy (non-hydrogen) atoms. The lowest BCUT2D eigenvalue weighted by Crippen LogP contribution is -2.54. The highest BCUT2D eigenvalue weighted by Gasteiger charge is 2.25. The number of nitrogens with zero attached hydrogens (tertiary/aromatic N) is 4. The summed E-state index contributed by atoms with van der Waals surface area (Å²) in [6.07, 6.45) is 3.14. The van der Waals surface area contributed by atoms with Crippen LogP contribution in [0, 0.1) is 0 Å². The molecule has 1 saturated heterocycles. The molecule has 1 unspecified atom stereocenters. The monoisotopic (exact) mass is 251 g/mol. The van der Waals surface area contributed by atoms with Crippen LogP contribution in [0.2, 0.25) is 0 Å². The van der Waals surface area contributed by atoms with Crippen molar-refractivity contribution in [3.05, 3.63) is 17.5 Å². The van der Waals surface area contributed by atoms with E-state index >= 15 is 0 Å². The Balaban J connectivity index is 2.07. The van der Waals surface area contributed by atoms with Crippen LogP contribution in [-0.2, 0) is 20.0 Å². The average Bonchev–Trinajstić information content (AvgIpc) is 2.71. The molecule has 0 aliphatic carbocycles. The van der Waals surface area contributed by atoms with Gasteiger partial charge in [0.1, 0.15) is 0 Å². The van der Waals surface area contributed by atoms with Crippen molar-refractivity contribution < 1.29 is 0 Å². The second-order valence-corrected chi connectivity index (χ2v) is 5.25. The van der Waals surface area contributed by atoms with Gasteiger partial charge in [0.05, 0.1) is 5.69 Å². The SMILES string of the molecule is CCc1nn(C)cc1CN1CCN(C)CC1CN. The maximum absolute atomic E-state index is 5.90. The lowest BCUT2D eigenvalue weighted by atomic mass is 10.1. The molecule has 0 radical (unpaired) electrons. The van der Waals surface area contributed by atoms with Crippen LogP contribution in [0.25, 0.3) is 0 Å². The summed E-state index contributed by atoms with van der Waals surface area (Å²) in [6.45, 7) is 7.15. The molecule has 2 heterocycles. The molecule has 0 aromatic carbocycles. The van der Waals surface area contributed by atoms with E-state index in [1.54, 1.807) is 0 Å². The fourth-order valence-electron chi connectivity index (χ4n) is 2.71. The Morgan fingerprint density at radius 2 is 2.17 bits per heavy atom. The lowest BCUT2D eigenvalue weighted by Gasteiger charge is -2.39. The molecule has 2 N–H and O–H groups in total. The molecular weight excluding hydrogens is 226 g/mol. The van der Waals surface area contributed by atoms with Gasteiger partial charge in [0, 0.05) is 57.6 Å². The van der Waals surface area contributed by atoms with Crippen molar-refractivity contribution in [2.24, 2.45) is 12.8 Å². The normalized spacial score (nSPS) is 22.6. The molecule has 1 aromatic heterocycles. The third-order valence-corrected chi connectivity index (χ3v) is 3.78. The van der Waals surface area contributed by atoms with Crippen LogP contribution in [0.1, 0.15) is 18.2 Å². The van der Waals surface area contributed by atoms with Crippen molar-refractivity contribution in [1.29, 1.82) is 0 Å². The Bertz CT molecular complexity index is 387. The summed E-state index contributed by atoms with van der Waals surface area (Å²) in [5.41, 5.74) is 8.46. The molecule has 1 aromatic rings. The smallest absolute Gasteiger partial charge is 0.0666 e. The number of nitrogens with two attached hydrogens (primary N) is 1. The standard InChI is InChI=1S/C13H25N5/c1-4-13-11(8-17(3)15-13)9-18-6-5-16(2)10-12(18)7-14/h8,12H,4-7,9-10,14H2,1-3H3. The second-order valence-electron chi connectivity index (χ2n) is 5.25. The predicted molar refractivity (Wildman–Crippen MR) is 73.3 cm³/mol. The Labute approximate surface area is 110 Å². The fourth-order valence-corrected chi connectivity index (χ4v) is 2.71. The van der Waals surface area contributed by atoms with Gasteiger partial charge in [0.2, 0.25) is 0 Å². The Morgan fingerprint density at radius 1 is 1.39 bits per heavy atom. The molecule has 0 amide bonds. The largest absolute Gasteiger partial charge is 0.329 e. The third-order valence-electron chi connectivity index (χ3n) is 3.78. The van der Waals surface area contributed by atoms with Crippen LogP contribution < -0.4 is 5.73 Å². The highest BCUT2D eigenvalue weighted by atomic mass is 15.3. The average molecular weight is 251 g/mol. The molecule has 2 rings (SSSR count). The highest BCUT2D eigenvalue weighted by Crippen LogP contribution is 2.15. The van der Waals surface area contributed by atoms with Gasteiger partial charge in [-0.05, 0) is 13.5 Å². The van der Waals surface area contributed by atoms with E-state index in [-0.39, 0.29) is 0 Å². The van der Waals surface area contributed by atoms with Gasteiger partial charge >= 0.3 is 0 Å². The van der Waals surface area contributed by atoms with Crippen LogP contribution in [0.15, 0.2) is 6.20 Å². The summed E-state index contributed by atoms with van der Waals surface area (Å²) < 4.78 is 1.92. The maximum atomic E-state index is 5.90. The zero-order chi connectivity index (χ0) is 13.1. The lowest BCUT2D eigenvalue weighted by molar-refractivity contribution is 0.0878. The molecule has 102 valence electrons. The minimum Gasteiger partial charge on any atom is -0.329 e.